The van der Waals surface area contributed by atoms with Crippen molar-refractivity contribution in [2.75, 3.05) is 52.3 Å². The molecule has 0 spiro atoms. The molecule has 1 unspecified atom stereocenters. The van der Waals surface area contributed by atoms with Crippen LogP contribution in [0.4, 0.5) is 5.82 Å². The maximum Gasteiger partial charge on any atom is 0.193 e. The van der Waals surface area contributed by atoms with E-state index in [1.807, 2.05) is 51.2 Å². The fourth-order valence-electron chi connectivity index (χ4n) is 2.76. The first-order valence-electron chi connectivity index (χ1n) is 8.30. The third-order valence-corrected chi connectivity index (χ3v) is 4.03. The van der Waals surface area contributed by atoms with Gasteiger partial charge in [0.2, 0.25) is 0 Å². The largest absolute Gasteiger partial charge is 0.381 e. The summed E-state index contributed by atoms with van der Waals surface area (Å²) in [6, 6.07) is 6.09. The van der Waals surface area contributed by atoms with E-state index in [4.69, 9.17) is 4.74 Å². The minimum atomic E-state index is 0.601. The Morgan fingerprint density at radius 1 is 1.48 bits per heavy atom. The number of anilines is 1. The molecule has 1 aliphatic rings. The van der Waals surface area contributed by atoms with Crippen LogP contribution in [0.2, 0.25) is 0 Å². The molecule has 0 saturated carbocycles. The molecule has 0 aromatic carbocycles. The number of rotatable bonds is 6. The lowest BCUT2D eigenvalue weighted by molar-refractivity contribution is 0.114. The number of pyridine rings is 1. The van der Waals surface area contributed by atoms with Crippen LogP contribution in [0.1, 0.15) is 19.0 Å². The topological polar surface area (TPSA) is 53.0 Å². The van der Waals surface area contributed by atoms with Crippen molar-refractivity contribution in [2.24, 2.45) is 10.9 Å². The lowest BCUT2D eigenvalue weighted by Crippen LogP contribution is -2.40. The van der Waals surface area contributed by atoms with Gasteiger partial charge in [-0.05, 0) is 25.5 Å². The van der Waals surface area contributed by atoms with Crippen LogP contribution >= 0.6 is 0 Å². The molecule has 1 fully saturated rings. The Balaban J connectivity index is 1.87. The second kappa shape index (κ2) is 8.72. The van der Waals surface area contributed by atoms with Crippen molar-refractivity contribution >= 4 is 11.8 Å². The summed E-state index contributed by atoms with van der Waals surface area (Å²) in [5, 5.41) is 3.42. The van der Waals surface area contributed by atoms with E-state index < -0.39 is 0 Å². The van der Waals surface area contributed by atoms with E-state index in [0.717, 1.165) is 50.2 Å². The number of guanidine groups is 1. The number of likely N-dealkylation sites (tertiary alicyclic amines) is 1. The third-order valence-electron chi connectivity index (χ3n) is 4.03. The lowest BCUT2D eigenvalue weighted by Gasteiger charge is -2.22. The number of aromatic nitrogens is 1. The highest BCUT2D eigenvalue weighted by Gasteiger charge is 2.24. The summed E-state index contributed by atoms with van der Waals surface area (Å²) >= 11 is 0. The van der Waals surface area contributed by atoms with Crippen LogP contribution in [0, 0.1) is 5.92 Å². The van der Waals surface area contributed by atoms with Gasteiger partial charge in [-0.2, -0.15) is 0 Å². The van der Waals surface area contributed by atoms with E-state index in [0.29, 0.717) is 12.5 Å². The normalized spacial score (nSPS) is 18.3. The Bertz CT molecular complexity index is 517. The van der Waals surface area contributed by atoms with Gasteiger partial charge in [0, 0.05) is 46.8 Å². The van der Waals surface area contributed by atoms with E-state index in [1.165, 1.54) is 0 Å². The van der Waals surface area contributed by atoms with Gasteiger partial charge in [0.1, 0.15) is 5.82 Å². The van der Waals surface area contributed by atoms with Gasteiger partial charge in [-0.3, -0.25) is 4.99 Å². The number of hydrogen-bond donors (Lipinski definition) is 1. The van der Waals surface area contributed by atoms with Crippen LogP contribution in [0.15, 0.2) is 23.2 Å². The zero-order valence-electron chi connectivity index (χ0n) is 14.7. The van der Waals surface area contributed by atoms with Crippen LogP contribution in [0.3, 0.4) is 0 Å². The van der Waals surface area contributed by atoms with E-state index in [9.17, 15) is 0 Å². The van der Waals surface area contributed by atoms with Crippen LogP contribution < -0.4 is 10.2 Å². The van der Waals surface area contributed by atoms with Gasteiger partial charge >= 0.3 is 0 Å². The average Bonchev–Trinajstić information content (AvgIpc) is 3.02. The summed E-state index contributed by atoms with van der Waals surface area (Å²) in [5.74, 6) is 2.52. The van der Waals surface area contributed by atoms with Gasteiger partial charge in [-0.25, -0.2) is 4.98 Å². The molecule has 6 heteroatoms. The molecule has 1 aromatic heterocycles. The highest BCUT2D eigenvalue weighted by Crippen LogP contribution is 2.16. The van der Waals surface area contributed by atoms with Crippen molar-refractivity contribution < 1.29 is 4.74 Å². The molecule has 0 bridgehead atoms. The molecule has 1 saturated heterocycles. The van der Waals surface area contributed by atoms with Crippen molar-refractivity contribution in [1.29, 1.82) is 0 Å². The smallest absolute Gasteiger partial charge is 0.193 e. The van der Waals surface area contributed by atoms with Crippen molar-refractivity contribution in [3.63, 3.8) is 0 Å². The Labute approximate surface area is 139 Å². The van der Waals surface area contributed by atoms with Crippen LogP contribution in [-0.2, 0) is 11.3 Å². The summed E-state index contributed by atoms with van der Waals surface area (Å²) in [4.78, 5) is 13.4. The van der Waals surface area contributed by atoms with E-state index >= 15 is 0 Å². The summed E-state index contributed by atoms with van der Waals surface area (Å²) in [7, 11) is 5.84. The SMILES string of the molecule is CCOCC1CCN(C(=NC)NCc2cccc(N(C)C)n2)C1. The van der Waals surface area contributed by atoms with Crippen molar-refractivity contribution in [3.05, 3.63) is 23.9 Å². The molecule has 1 aromatic rings. The molecule has 2 heterocycles. The van der Waals surface area contributed by atoms with Crippen LogP contribution in [0.5, 0.6) is 0 Å². The minimum Gasteiger partial charge on any atom is -0.381 e. The summed E-state index contributed by atoms with van der Waals surface area (Å²) in [5.41, 5.74) is 1.02. The molecule has 2 rings (SSSR count). The Hall–Kier alpha value is -1.82. The summed E-state index contributed by atoms with van der Waals surface area (Å²) < 4.78 is 5.54. The van der Waals surface area contributed by atoms with Crippen LogP contribution in [-0.4, -0.2) is 63.3 Å². The first-order chi connectivity index (χ1) is 11.1. The zero-order valence-corrected chi connectivity index (χ0v) is 14.7. The molecular formula is C17H29N5O. The Kier molecular flexibility index (Phi) is 6.65. The first-order valence-corrected chi connectivity index (χ1v) is 8.30. The highest BCUT2D eigenvalue weighted by atomic mass is 16.5. The van der Waals surface area contributed by atoms with Crippen molar-refractivity contribution in [3.8, 4) is 0 Å². The first kappa shape index (κ1) is 17.5. The van der Waals surface area contributed by atoms with E-state index in [-0.39, 0.29) is 0 Å². The molecule has 0 amide bonds. The van der Waals surface area contributed by atoms with E-state index in [2.05, 4.69) is 20.2 Å². The Morgan fingerprint density at radius 2 is 2.30 bits per heavy atom. The number of aliphatic imine (C=N–C) groups is 1. The fourth-order valence-corrected chi connectivity index (χ4v) is 2.76. The van der Waals surface area contributed by atoms with Gasteiger partial charge < -0.3 is 19.9 Å². The fraction of sp³-hybridized carbons (Fsp3) is 0.647. The number of nitrogens with one attached hydrogen (secondary N) is 1. The highest BCUT2D eigenvalue weighted by molar-refractivity contribution is 5.80. The molecule has 1 N–H and O–H groups in total. The van der Waals surface area contributed by atoms with Crippen molar-refractivity contribution in [2.45, 2.75) is 19.9 Å². The maximum atomic E-state index is 5.54. The molecule has 6 nitrogen and oxygen atoms in total. The molecular weight excluding hydrogens is 290 g/mol. The number of hydrogen-bond acceptors (Lipinski definition) is 4. The van der Waals surface area contributed by atoms with Crippen LogP contribution in [0.25, 0.3) is 0 Å². The molecule has 0 radical (unpaired) electrons. The van der Waals surface area contributed by atoms with Gasteiger partial charge in [0.15, 0.2) is 5.96 Å². The predicted octanol–water partition coefficient (Wildman–Crippen LogP) is 1.58. The second-order valence-corrected chi connectivity index (χ2v) is 6.04. The molecule has 128 valence electrons. The number of ether oxygens (including phenoxy) is 1. The average molecular weight is 319 g/mol. The predicted molar refractivity (Wildman–Crippen MR) is 94.9 cm³/mol. The van der Waals surface area contributed by atoms with Gasteiger partial charge in [0.05, 0.1) is 18.8 Å². The second-order valence-electron chi connectivity index (χ2n) is 6.04. The standard InChI is InChI=1S/C17H29N5O/c1-5-23-13-14-9-10-22(12-14)17(18-2)19-11-15-7-6-8-16(20-15)21(3)4/h6-8,14H,5,9-13H2,1-4H3,(H,18,19). The molecule has 1 aliphatic heterocycles. The van der Waals surface area contributed by atoms with Crippen molar-refractivity contribution in [1.82, 2.24) is 15.2 Å². The van der Waals surface area contributed by atoms with Gasteiger partial charge in [-0.15, -0.1) is 0 Å². The lowest BCUT2D eigenvalue weighted by atomic mass is 10.1. The molecule has 23 heavy (non-hydrogen) atoms. The van der Waals surface area contributed by atoms with E-state index in [1.54, 1.807) is 0 Å². The molecule has 0 aliphatic carbocycles. The third kappa shape index (κ3) is 5.10. The summed E-state index contributed by atoms with van der Waals surface area (Å²) in [6.45, 7) is 6.39. The minimum absolute atomic E-state index is 0.601. The van der Waals surface area contributed by atoms with Gasteiger partial charge in [0.25, 0.3) is 0 Å². The Morgan fingerprint density at radius 3 is 3.00 bits per heavy atom. The number of nitrogens with zero attached hydrogens (tertiary/aromatic N) is 4. The van der Waals surface area contributed by atoms with Gasteiger partial charge in [-0.1, -0.05) is 6.07 Å². The molecule has 1 atom stereocenters. The summed E-state index contributed by atoms with van der Waals surface area (Å²) in [6.07, 6.45) is 1.16. The zero-order chi connectivity index (χ0) is 16.7. The quantitative estimate of drug-likeness (QED) is 0.637. The maximum absolute atomic E-state index is 5.54. The monoisotopic (exact) mass is 319 g/mol.